The topological polar surface area (TPSA) is 35.2 Å². The second-order valence-corrected chi connectivity index (χ2v) is 4.17. The predicted octanol–water partition coefficient (Wildman–Crippen LogP) is 3.43. The van der Waals surface area contributed by atoms with Gasteiger partial charge in [-0.1, -0.05) is 24.3 Å². The molecule has 2 aromatic carbocycles. The van der Waals surface area contributed by atoms with Gasteiger partial charge in [-0.2, -0.15) is 0 Å². The van der Waals surface area contributed by atoms with Gasteiger partial charge in [0.1, 0.15) is 11.9 Å². The van der Waals surface area contributed by atoms with Gasteiger partial charge in [-0.3, -0.25) is 0 Å². The Morgan fingerprint density at radius 1 is 1.00 bits per heavy atom. The van der Waals surface area contributed by atoms with Gasteiger partial charge in [0.05, 0.1) is 0 Å². The standard InChI is InChI=1S/C15H15F2NO/c16-12-7-5-11(6-8-12)14(9-10-18)19-15-4-2-1-3-13(15)17/h1-8,14H,9-10,18H2. The monoisotopic (exact) mass is 263 g/mol. The Balaban J connectivity index is 2.21. The van der Waals surface area contributed by atoms with Gasteiger partial charge < -0.3 is 10.5 Å². The Morgan fingerprint density at radius 2 is 1.68 bits per heavy atom. The molecule has 0 spiro atoms. The molecule has 2 nitrogen and oxygen atoms in total. The maximum atomic E-state index is 13.6. The van der Waals surface area contributed by atoms with Gasteiger partial charge >= 0.3 is 0 Å². The third kappa shape index (κ3) is 3.51. The van der Waals surface area contributed by atoms with E-state index in [9.17, 15) is 8.78 Å². The van der Waals surface area contributed by atoms with Gasteiger partial charge in [-0.05, 0) is 36.4 Å². The molecule has 0 heterocycles. The van der Waals surface area contributed by atoms with Crippen LogP contribution in [-0.2, 0) is 0 Å². The van der Waals surface area contributed by atoms with Gasteiger partial charge in [0, 0.05) is 6.42 Å². The summed E-state index contributed by atoms with van der Waals surface area (Å²) in [6.07, 6.45) is 0.141. The van der Waals surface area contributed by atoms with E-state index in [0.717, 1.165) is 5.56 Å². The van der Waals surface area contributed by atoms with Crippen LogP contribution in [0.3, 0.4) is 0 Å². The number of ether oxygens (including phenoxy) is 1. The van der Waals surface area contributed by atoms with E-state index in [1.54, 1.807) is 30.3 Å². The van der Waals surface area contributed by atoms with Crippen molar-refractivity contribution in [1.29, 1.82) is 0 Å². The Morgan fingerprint density at radius 3 is 2.32 bits per heavy atom. The molecule has 0 aliphatic carbocycles. The first-order chi connectivity index (χ1) is 9.20. The van der Waals surface area contributed by atoms with Crippen LogP contribution in [0.25, 0.3) is 0 Å². The van der Waals surface area contributed by atoms with Crippen LogP contribution in [-0.4, -0.2) is 6.54 Å². The Kier molecular flexibility index (Phi) is 4.47. The third-order valence-electron chi connectivity index (χ3n) is 2.78. The second kappa shape index (κ2) is 6.29. The number of hydrogen-bond donors (Lipinski definition) is 1. The summed E-state index contributed by atoms with van der Waals surface area (Å²) >= 11 is 0. The summed E-state index contributed by atoms with van der Waals surface area (Å²) in [5.74, 6) is -0.571. The van der Waals surface area contributed by atoms with E-state index in [2.05, 4.69) is 0 Å². The molecule has 0 fully saturated rings. The van der Waals surface area contributed by atoms with E-state index in [0.29, 0.717) is 13.0 Å². The minimum atomic E-state index is -0.424. The van der Waals surface area contributed by atoms with Gasteiger partial charge in [-0.15, -0.1) is 0 Å². The molecule has 0 saturated heterocycles. The first-order valence-electron chi connectivity index (χ1n) is 6.07. The fourth-order valence-corrected chi connectivity index (χ4v) is 1.82. The van der Waals surface area contributed by atoms with Crippen molar-refractivity contribution < 1.29 is 13.5 Å². The predicted molar refractivity (Wildman–Crippen MR) is 69.8 cm³/mol. The maximum absolute atomic E-state index is 13.6. The van der Waals surface area contributed by atoms with Crippen LogP contribution in [0.1, 0.15) is 18.1 Å². The summed E-state index contributed by atoms with van der Waals surface area (Å²) in [4.78, 5) is 0. The van der Waals surface area contributed by atoms with E-state index in [-0.39, 0.29) is 17.7 Å². The lowest BCUT2D eigenvalue weighted by atomic mass is 10.1. The SMILES string of the molecule is NCCC(Oc1ccccc1F)c1ccc(F)cc1. The number of benzene rings is 2. The van der Waals surface area contributed by atoms with E-state index in [1.165, 1.54) is 18.2 Å². The fraction of sp³-hybridized carbons (Fsp3) is 0.200. The van der Waals surface area contributed by atoms with E-state index >= 15 is 0 Å². The number of nitrogens with two attached hydrogens (primary N) is 1. The van der Waals surface area contributed by atoms with Gasteiger partial charge in [0.25, 0.3) is 0 Å². The molecule has 0 aliphatic heterocycles. The van der Waals surface area contributed by atoms with E-state index in [1.807, 2.05) is 0 Å². The lowest BCUT2D eigenvalue weighted by molar-refractivity contribution is 0.189. The highest BCUT2D eigenvalue weighted by Crippen LogP contribution is 2.26. The highest BCUT2D eigenvalue weighted by Gasteiger charge is 2.14. The van der Waals surface area contributed by atoms with Crippen LogP contribution in [0.2, 0.25) is 0 Å². The number of halogens is 2. The molecule has 2 aromatic rings. The molecule has 0 aliphatic rings. The summed E-state index contributed by atoms with van der Waals surface area (Å²) in [6.45, 7) is 0.399. The zero-order valence-electron chi connectivity index (χ0n) is 10.4. The molecule has 0 saturated carbocycles. The average molecular weight is 263 g/mol. The number of rotatable bonds is 5. The Bertz CT molecular complexity index is 528. The van der Waals surface area contributed by atoms with Crippen molar-refractivity contribution >= 4 is 0 Å². The molecular formula is C15H15F2NO. The molecule has 1 unspecified atom stereocenters. The maximum Gasteiger partial charge on any atom is 0.165 e. The van der Waals surface area contributed by atoms with Gasteiger partial charge in [-0.25, -0.2) is 8.78 Å². The minimum Gasteiger partial charge on any atom is -0.483 e. The highest BCUT2D eigenvalue weighted by molar-refractivity contribution is 5.26. The highest BCUT2D eigenvalue weighted by atomic mass is 19.1. The first kappa shape index (κ1) is 13.5. The zero-order chi connectivity index (χ0) is 13.7. The van der Waals surface area contributed by atoms with Crippen LogP contribution >= 0.6 is 0 Å². The Labute approximate surface area is 110 Å². The van der Waals surface area contributed by atoms with E-state index in [4.69, 9.17) is 10.5 Å². The summed E-state index contributed by atoms with van der Waals surface area (Å²) in [6, 6.07) is 12.1. The van der Waals surface area contributed by atoms with Gasteiger partial charge in [0.15, 0.2) is 11.6 Å². The minimum absolute atomic E-state index is 0.172. The summed E-state index contributed by atoms with van der Waals surface area (Å²) in [7, 11) is 0. The van der Waals surface area contributed by atoms with Crippen molar-refractivity contribution in [3.8, 4) is 5.75 Å². The molecule has 2 N–H and O–H groups in total. The van der Waals surface area contributed by atoms with Crippen LogP contribution in [0.4, 0.5) is 8.78 Å². The lowest BCUT2D eigenvalue weighted by Crippen LogP contribution is -2.13. The smallest absolute Gasteiger partial charge is 0.165 e. The van der Waals surface area contributed by atoms with Crippen molar-refractivity contribution in [3.05, 3.63) is 65.7 Å². The normalized spacial score (nSPS) is 12.2. The number of hydrogen-bond acceptors (Lipinski definition) is 2. The molecule has 2 rings (SSSR count). The number of para-hydroxylation sites is 1. The molecule has 4 heteroatoms. The zero-order valence-corrected chi connectivity index (χ0v) is 10.4. The molecule has 0 amide bonds. The molecular weight excluding hydrogens is 248 g/mol. The molecule has 100 valence electrons. The molecule has 19 heavy (non-hydrogen) atoms. The molecule has 0 aromatic heterocycles. The second-order valence-electron chi connectivity index (χ2n) is 4.17. The van der Waals surface area contributed by atoms with Crippen LogP contribution < -0.4 is 10.5 Å². The van der Waals surface area contributed by atoms with Gasteiger partial charge in [0.2, 0.25) is 0 Å². The quantitative estimate of drug-likeness (QED) is 0.897. The largest absolute Gasteiger partial charge is 0.483 e. The van der Waals surface area contributed by atoms with Crippen LogP contribution in [0, 0.1) is 11.6 Å². The van der Waals surface area contributed by atoms with Crippen molar-refractivity contribution in [1.82, 2.24) is 0 Å². The summed E-state index contributed by atoms with van der Waals surface area (Å²) in [5, 5.41) is 0. The fourth-order valence-electron chi connectivity index (χ4n) is 1.82. The van der Waals surface area contributed by atoms with Crippen molar-refractivity contribution in [3.63, 3.8) is 0 Å². The third-order valence-corrected chi connectivity index (χ3v) is 2.78. The van der Waals surface area contributed by atoms with Crippen LogP contribution in [0.5, 0.6) is 5.75 Å². The van der Waals surface area contributed by atoms with Crippen molar-refractivity contribution in [2.75, 3.05) is 6.54 Å². The van der Waals surface area contributed by atoms with Crippen molar-refractivity contribution in [2.45, 2.75) is 12.5 Å². The van der Waals surface area contributed by atoms with E-state index < -0.39 is 5.82 Å². The Hall–Kier alpha value is -1.94. The molecule has 1 atom stereocenters. The average Bonchev–Trinajstić information content (AvgIpc) is 2.42. The molecule has 0 bridgehead atoms. The summed E-state index contributed by atoms with van der Waals surface area (Å²) in [5.41, 5.74) is 6.31. The molecule has 0 radical (unpaired) electrons. The lowest BCUT2D eigenvalue weighted by Gasteiger charge is -2.19. The van der Waals surface area contributed by atoms with Crippen molar-refractivity contribution in [2.24, 2.45) is 5.73 Å². The van der Waals surface area contributed by atoms with Crippen LogP contribution in [0.15, 0.2) is 48.5 Å². The summed E-state index contributed by atoms with van der Waals surface area (Å²) < 4.78 is 32.1. The first-order valence-corrected chi connectivity index (χ1v) is 6.07.